The summed E-state index contributed by atoms with van der Waals surface area (Å²) in [7, 11) is 1.56. The first-order chi connectivity index (χ1) is 12.6. The highest BCUT2D eigenvalue weighted by Gasteiger charge is 2.38. The van der Waals surface area contributed by atoms with Crippen LogP contribution in [0.5, 0.6) is 5.75 Å². The van der Waals surface area contributed by atoms with Gasteiger partial charge in [0.2, 0.25) is 11.1 Å². The van der Waals surface area contributed by atoms with Crippen molar-refractivity contribution in [1.29, 1.82) is 0 Å². The molecule has 0 spiro atoms. The molecular weight excluding hydrogens is 383 g/mol. The van der Waals surface area contributed by atoms with E-state index in [4.69, 9.17) is 10.6 Å². The third-order valence-electron chi connectivity index (χ3n) is 3.71. The lowest BCUT2D eigenvalue weighted by atomic mass is 9.96. The van der Waals surface area contributed by atoms with Gasteiger partial charge in [-0.15, -0.1) is 10.2 Å². The Labute approximate surface area is 158 Å². The van der Waals surface area contributed by atoms with Gasteiger partial charge in [0.05, 0.1) is 18.9 Å². The predicted octanol–water partition coefficient (Wildman–Crippen LogP) is 2.62. The van der Waals surface area contributed by atoms with Crippen LogP contribution in [0.2, 0.25) is 0 Å². The molecule has 1 unspecified atom stereocenters. The van der Waals surface area contributed by atoms with Gasteiger partial charge < -0.3 is 15.9 Å². The number of alkyl halides is 3. The minimum absolute atomic E-state index is 0.0994. The summed E-state index contributed by atoms with van der Waals surface area (Å²) in [4.78, 5) is 12.3. The van der Waals surface area contributed by atoms with E-state index in [0.717, 1.165) is 17.3 Å². The molecule has 0 fully saturated rings. The molecule has 3 N–H and O–H groups in total. The van der Waals surface area contributed by atoms with Crippen LogP contribution in [0.1, 0.15) is 31.3 Å². The second-order valence-corrected chi connectivity index (χ2v) is 6.97. The molecule has 148 valence electrons. The molecule has 0 saturated heterocycles. The SMILES string of the molecule is COc1ccc(C(NC(=O)CSc2nnc(C(F)(F)F)n2N)C(C)C)cc1. The summed E-state index contributed by atoms with van der Waals surface area (Å²) >= 11 is 0.779. The molecule has 1 amide bonds. The molecule has 27 heavy (non-hydrogen) atoms. The van der Waals surface area contributed by atoms with Crippen LogP contribution in [-0.4, -0.2) is 33.6 Å². The first-order valence-corrected chi connectivity index (χ1v) is 8.95. The van der Waals surface area contributed by atoms with E-state index in [1.54, 1.807) is 19.2 Å². The molecule has 0 bridgehead atoms. The van der Waals surface area contributed by atoms with Gasteiger partial charge in [-0.3, -0.25) is 4.79 Å². The molecule has 2 aromatic rings. The molecule has 1 atom stereocenters. The van der Waals surface area contributed by atoms with Crippen LogP contribution in [0.25, 0.3) is 0 Å². The zero-order valence-corrected chi connectivity index (χ0v) is 15.8. The molecule has 11 heteroatoms. The minimum Gasteiger partial charge on any atom is -0.497 e. The first kappa shape index (κ1) is 20.9. The number of carbonyl (C=O) groups excluding carboxylic acids is 1. The summed E-state index contributed by atoms with van der Waals surface area (Å²) in [6.45, 7) is 3.91. The van der Waals surface area contributed by atoms with Crippen molar-refractivity contribution in [2.24, 2.45) is 5.92 Å². The van der Waals surface area contributed by atoms with Crippen molar-refractivity contribution in [1.82, 2.24) is 20.2 Å². The third kappa shape index (κ3) is 5.28. The van der Waals surface area contributed by atoms with E-state index in [0.29, 0.717) is 10.4 Å². The number of rotatable bonds is 7. The Balaban J connectivity index is 2.01. The lowest BCUT2D eigenvalue weighted by Gasteiger charge is -2.23. The van der Waals surface area contributed by atoms with E-state index in [2.05, 4.69) is 15.5 Å². The van der Waals surface area contributed by atoms with Gasteiger partial charge in [0.1, 0.15) is 5.75 Å². The van der Waals surface area contributed by atoms with Crippen molar-refractivity contribution in [2.75, 3.05) is 18.7 Å². The van der Waals surface area contributed by atoms with E-state index >= 15 is 0 Å². The zero-order chi connectivity index (χ0) is 20.2. The third-order valence-corrected chi connectivity index (χ3v) is 4.65. The highest BCUT2D eigenvalue weighted by atomic mass is 32.2. The van der Waals surface area contributed by atoms with Crippen LogP contribution >= 0.6 is 11.8 Å². The fraction of sp³-hybridized carbons (Fsp3) is 0.438. The van der Waals surface area contributed by atoms with Crippen LogP contribution in [-0.2, 0) is 11.0 Å². The molecule has 0 radical (unpaired) electrons. The van der Waals surface area contributed by atoms with Crippen LogP contribution < -0.4 is 15.9 Å². The largest absolute Gasteiger partial charge is 0.497 e. The fourth-order valence-electron chi connectivity index (χ4n) is 2.36. The molecule has 0 aliphatic heterocycles. The Bertz CT molecular complexity index is 777. The van der Waals surface area contributed by atoms with Crippen LogP contribution in [0.15, 0.2) is 29.4 Å². The second kappa shape index (κ2) is 8.51. The van der Waals surface area contributed by atoms with Crippen molar-refractivity contribution in [3.8, 4) is 5.75 Å². The summed E-state index contributed by atoms with van der Waals surface area (Å²) in [6, 6.07) is 7.03. The Hall–Kier alpha value is -2.43. The second-order valence-electron chi connectivity index (χ2n) is 6.02. The maximum Gasteiger partial charge on any atom is 0.453 e. The van der Waals surface area contributed by atoms with Crippen molar-refractivity contribution in [2.45, 2.75) is 31.2 Å². The van der Waals surface area contributed by atoms with Gasteiger partial charge in [-0.25, -0.2) is 4.68 Å². The molecule has 1 aromatic carbocycles. The van der Waals surface area contributed by atoms with Gasteiger partial charge in [-0.2, -0.15) is 13.2 Å². The summed E-state index contributed by atoms with van der Waals surface area (Å²) in [5.41, 5.74) is 0.894. The Morgan fingerprint density at radius 2 is 1.93 bits per heavy atom. The molecule has 0 aliphatic rings. The van der Waals surface area contributed by atoms with Crippen molar-refractivity contribution in [3.63, 3.8) is 0 Å². The highest BCUT2D eigenvalue weighted by Crippen LogP contribution is 2.29. The lowest BCUT2D eigenvalue weighted by molar-refractivity contribution is -0.146. The van der Waals surface area contributed by atoms with E-state index in [9.17, 15) is 18.0 Å². The number of thioether (sulfide) groups is 1. The molecular formula is C16H20F3N5O2S. The van der Waals surface area contributed by atoms with E-state index in [-0.39, 0.29) is 28.8 Å². The fourth-order valence-corrected chi connectivity index (χ4v) is 3.03. The normalized spacial score (nSPS) is 12.9. The van der Waals surface area contributed by atoms with Gasteiger partial charge in [0, 0.05) is 0 Å². The monoisotopic (exact) mass is 403 g/mol. The molecule has 7 nitrogen and oxygen atoms in total. The van der Waals surface area contributed by atoms with Gasteiger partial charge in [0.25, 0.3) is 5.82 Å². The quantitative estimate of drug-likeness (QED) is 0.545. The number of carbonyl (C=O) groups is 1. The van der Waals surface area contributed by atoms with E-state index in [1.165, 1.54) is 0 Å². The van der Waals surface area contributed by atoms with Crippen molar-refractivity contribution < 1.29 is 22.7 Å². The standard InChI is InChI=1S/C16H20F3N5O2S/c1-9(2)13(10-4-6-11(26-3)7-5-10)21-12(25)8-27-15-23-22-14(24(15)20)16(17,18)19/h4-7,9,13H,8,20H2,1-3H3,(H,21,25). The Morgan fingerprint density at radius 3 is 2.41 bits per heavy atom. The number of hydrogen-bond acceptors (Lipinski definition) is 6. The summed E-state index contributed by atoms with van der Waals surface area (Å²) < 4.78 is 43.4. The number of benzene rings is 1. The van der Waals surface area contributed by atoms with E-state index in [1.807, 2.05) is 26.0 Å². The maximum absolute atomic E-state index is 12.7. The van der Waals surface area contributed by atoms with Gasteiger partial charge in [0.15, 0.2) is 0 Å². The molecule has 1 aromatic heterocycles. The number of halogens is 3. The summed E-state index contributed by atoms with van der Waals surface area (Å²) in [5, 5.41) is 9.08. The molecule has 0 saturated carbocycles. The summed E-state index contributed by atoms with van der Waals surface area (Å²) in [6.07, 6.45) is -4.71. The number of nitrogens with two attached hydrogens (primary N) is 1. The van der Waals surface area contributed by atoms with Crippen LogP contribution in [0.4, 0.5) is 13.2 Å². The number of hydrogen-bond donors (Lipinski definition) is 2. The minimum atomic E-state index is -4.71. The number of ether oxygens (including phenoxy) is 1. The number of nitrogen functional groups attached to an aromatic ring is 1. The summed E-state index contributed by atoms with van der Waals surface area (Å²) in [5.74, 6) is 4.33. The van der Waals surface area contributed by atoms with Crippen LogP contribution in [0.3, 0.4) is 0 Å². The lowest BCUT2D eigenvalue weighted by Crippen LogP contribution is -2.33. The van der Waals surface area contributed by atoms with E-state index < -0.39 is 12.0 Å². The number of aromatic nitrogens is 3. The average molecular weight is 403 g/mol. The van der Waals surface area contributed by atoms with Crippen LogP contribution in [0, 0.1) is 5.92 Å². The van der Waals surface area contributed by atoms with Crippen molar-refractivity contribution >= 4 is 17.7 Å². The Morgan fingerprint density at radius 1 is 1.30 bits per heavy atom. The number of methoxy groups -OCH3 is 1. The smallest absolute Gasteiger partial charge is 0.453 e. The topological polar surface area (TPSA) is 95.1 Å². The molecule has 0 aliphatic carbocycles. The zero-order valence-electron chi connectivity index (χ0n) is 14.9. The number of amides is 1. The molecule has 2 rings (SSSR count). The first-order valence-electron chi connectivity index (χ1n) is 7.97. The van der Waals surface area contributed by atoms with Crippen molar-refractivity contribution in [3.05, 3.63) is 35.7 Å². The maximum atomic E-state index is 12.7. The van der Waals surface area contributed by atoms with Gasteiger partial charge in [-0.1, -0.05) is 37.7 Å². The Kier molecular flexibility index (Phi) is 6.58. The number of nitrogens with one attached hydrogen (secondary N) is 1. The average Bonchev–Trinajstić information content (AvgIpc) is 2.98. The van der Waals surface area contributed by atoms with Gasteiger partial charge in [-0.05, 0) is 23.6 Å². The van der Waals surface area contributed by atoms with Gasteiger partial charge >= 0.3 is 6.18 Å². The highest BCUT2D eigenvalue weighted by molar-refractivity contribution is 7.99. The number of nitrogens with zero attached hydrogens (tertiary/aromatic N) is 3. The predicted molar refractivity (Wildman–Crippen MR) is 94.6 cm³/mol. The molecule has 1 heterocycles.